The molecule has 1 fully saturated rings. The first-order valence-electron chi connectivity index (χ1n) is 5.58. The molecule has 1 N–H and O–H groups in total. The second-order valence-electron chi connectivity index (χ2n) is 3.87. The van der Waals surface area contributed by atoms with Crippen LogP contribution in [-0.4, -0.2) is 28.5 Å². The minimum atomic E-state index is -1.27. The summed E-state index contributed by atoms with van der Waals surface area (Å²) in [4.78, 5) is 21.9. The standard InChI is InChI=1S/C12H10ClN3O3S/c13-8-3-1-7(2-4-8)6-14-16-12-15-11(19)9(20-12)5-10(17)18/h1-4,6,9H,5H2,(H,17,18)(H,15,16,19)/p-1/b14-6-/t9-/m0/s1. The summed E-state index contributed by atoms with van der Waals surface area (Å²) in [5.74, 6) is -1.68. The molecule has 1 aromatic carbocycles. The van der Waals surface area contributed by atoms with Gasteiger partial charge < -0.3 is 15.2 Å². The highest BCUT2D eigenvalue weighted by molar-refractivity contribution is 8.15. The number of carboxylic acids is 1. The van der Waals surface area contributed by atoms with Gasteiger partial charge in [-0.05, 0) is 17.7 Å². The van der Waals surface area contributed by atoms with Gasteiger partial charge in [0.2, 0.25) is 5.91 Å². The Bertz CT molecular complexity index is 586. The molecule has 6 nitrogen and oxygen atoms in total. The summed E-state index contributed by atoms with van der Waals surface area (Å²) in [6.45, 7) is 0. The fourth-order valence-corrected chi connectivity index (χ4v) is 2.47. The molecule has 1 aromatic rings. The minimum Gasteiger partial charge on any atom is -0.550 e. The molecule has 1 saturated heterocycles. The first-order chi connectivity index (χ1) is 9.54. The molecule has 1 amide bonds. The van der Waals surface area contributed by atoms with Crippen LogP contribution in [0.15, 0.2) is 34.5 Å². The SMILES string of the molecule is O=C([O-])C[C@@H]1S/C(=N/N=C\c2ccc(Cl)cc2)NC1=O. The number of amides is 1. The second kappa shape index (κ2) is 6.53. The molecule has 0 spiro atoms. The Balaban J connectivity index is 1.97. The van der Waals surface area contributed by atoms with Gasteiger partial charge in [0.05, 0.1) is 11.5 Å². The van der Waals surface area contributed by atoms with Crippen LogP contribution in [0.2, 0.25) is 5.02 Å². The quantitative estimate of drug-likeness (QED) is 0.643. The molecular weight excluding hydrogens is 302 g/mol. The maximum Gasteiger partial charge on any atom is 0.239 e. The fraction of sp³-hybridized carbons (Fsp3) is 0.167. The van der Waals surface area contributed by atoms with Crippen molar-refractivity contribution >= 4 is 46.6 Å². The van der Waals surface area contributed by atoms with Crippen LogP contribution in [0.25, 0.3) is 0 Å². The monoisotopic (exact) mass is 310 g/mol. The third-order valence-electron chi connectivity index (χ3n) is 2.35. The van der Waals surface area contributed by atoms with Crippen molar-refractivity contribution in [2.75, 3.05) is 0 Å². The summed E-state index contributed by atoms with van der Waals surface area (Å²) < 4.78 is 0. The van der Waals surface area contributed by atoms with Gasteiger partial charge in [0.25, 0.3) is 0 Å². The molecule has 8 heteroatoms. The van der Waals surface area contributed by atoms with E-state index in [0.717, 1.165) is 17.3 Å². The molecule has 104 valence electrons. The number of nitrogens with zero attached hydrogens (tertiary/aromatic N) is 2. The number of rotatable bonds is 4. The Morgan fingerprint density at radius 1 is 1.45 bits per heavy atom. The van der Waals surface area contributed by atoms with Gasteiger partial charge in [-0.3, -0.25) is 4.79 Å². The summed E-state index contributed by atoms with van der Waals surface area (Å²) >= 11 is 6.77. The maximum absolute atomic E-state index is 11.4. The predicted octanol–water partition coefficient (Wildman–Crippen LogP) is 0.401. The molecule has 2 rings (SSSR count). The lowest BCUT2D eigenvalue weighted by atomic mass is 10.2. The number of carbonyl (C=O) groups is 2. The van der Waals surface area contributed by atoms with Gasteiger partial charge in [0.15, 0.2) is 5.17 Å². The summed E-state index contributed by atoms with van der Waals surface area (Å²) in [5, 5.41) is 20.7. The molecule has 0 aliphatic carbocycles. The number of thioether (sulfide) groups is 1. The van der Waals surface area contributed by atoms with E-state index in [-0.39, 0.29) is 11.6 Å². The molecule has 1 atom stereocenters. The number of carbonyl (C=O) groups excluding carboxylic acids is 2. The average molecular weight is 311 g/mol. The number of hydrogen-bond acceptors (Lipinski definition) is 6. The van der Waals surface area contributed by atoms with Crippen LogP contribution in [0.4, 0.5) is 0 Å². The fourth-order valence-electron chi connectivity index (χ4n) is 1.43. The number of hydrogen-bond donors (Lipinski definition) is 1. The van der Waals surface area contributed by atoms with E-state index in [2.05, 4.69) is 15.5 Å². The van der Waals surface area contributed by atoms with Gasteiger partial charge in [-0.15, -0.1) is 5.10 Å². The third kappa shape index (κ3) is 4.07. The Labute approximate surface area is 123 Å². The van der Waals surface area contributed by atoms with E-state index >= 15 is 0 Å². The molecule has 0 radical (unpaired) electrons. The molecule has 1 heterocycles. The lowest BCUT2D eigenvalue weighted by Gasteiger charge is -2.04. The van der Waals surface area contributed by atoms with E-state index in [1.54, 1.807) is 24.3 Å². The molecule has 1 aliphatic rings. The van der Waals surface area contributed by atoms with Crippen molar-refractivity contribution in [3.05, 3.63) is 34.9 Å². The Hall–Kier alpha value is -1.86. The van der Waals surface area contributed by atoms with Crippen LogP contribution in [0, 0.1) is 0 Å². The van der Waals surface area contributed by atoms with Crippen molar-refractivity contribution in [1.82, 2.24) is 5.32 Å². The minimum absolute atomic E-state index is 0.270. The lowest BCUT2D eigenvalue weighted by Crippen LogP contribution is -2.31. The number of amidine groups is 1. The van der Waals surface area contributed by atoms with Crippen molar-refractivity contribution < 1.29 is 14.7 Å². The van der Waals surface area contributed by atoms with E-state index in [1.807, 2.05) is 0 Å². The largest absolute Gasteiger partial charge is 0.550 e. The molecule has 20 heavy (non-hydrogen) atoms. The first kappa shape index (κ1) is 14.5. The van der Waals surface area contributed by atoms with Crippen molar-refractivity contribution in [2.45, 2.75) is 11.7 Å². The van der Waals surface area contributed by atoms with Crippen LogP contribution < -0.4 is 10.4 Å². The highest BCUT2D eigenvalue weighted by atomic mass is 35.5. The number of carboxylic acid groups (broad SMARTS) is 1. The van der Waals surface area contributed by atoms with Gasteiger partial charge in [0.1, 0.15) is 0 Å². The van der Waals surface area contributed by atoms with E-state index in [0.29, 0.717) is 5.02 Å². The van der Waals surface area contributed by atoms with E-state index in [9.17, 15) is 14.7 Å². The van der Waals surface area contributed by atoms with Crippen molar-refractivity contribution in [3.8, 4) is 0 Å². The van der Waals surface area contributed by atoms with Gasteiger partial charge in [0, 0.05) is 17.4 Å². The summed E-state index contributed by atoms with van der Waals surface area (Å²) in [6.07, 6.45) is 1.15. The second-order valence-corrected chi connectivity index (χ2v) is 5.50. The zero-order valence-corrected chi connectivity index (χ0v) is 11.6. The number of halogens is 1. The molecule has 0 saturated carbocycles. The maximum atomic E-state index is 11.4. The first-order valence-corrected chi connectivity index (χ1v) is 6.84. The van der Waals surface area contributed by atoms with E-state index < -0.39 is 17.1 Å². The van der Waals surface area contributed by atoms with Crippen LogP contribution in [-0.2, 0) is 9.59 Å². The smallest absolute Gasteiger partial charge is 0.239 e. The zero-order chi connectivity index (χ0) is 14.5. The van der Waals surface area contributed by atoms with E-state index in [4.69, 9.17) is 11.6 Å². The van der Waals surface area contributed by atoms with Crippen LogP contribution in [0.5, 0.6) is 0 Å². The molecular formula is C12H9ClN3O3S-. The molecule has 0 bridgehead atoms. The van der Waals surface area contributed by atoms with Crippen molar-refractivity contribution in [1.29, 1.82) is 0 Å². The Kier molecular flexibility index (Phi) is 4.75. The third-order valence-corrected chi connectivity index (χ3v) is 3.68. The van der Waals surface area contributed by atoms with Gasteiger partial charge in [-0.1, -0.05) is 35.5 Å². The molecule has 0 aromatic heterocycles. The normalized spacial score (nSPS) is 20.6. The number of nitrogens with one attached hydrogen (secondary N) is 1. The predicted molar refractivity (Wildman–Crippen MR) is 75.6 cm³/mol. The van der Waals surface area contributed by atoms with Crippen molar-refractivity contribution in [2.24, 2.45) is 10.2 Å². The molecule has 1 aliphatic heterocycles. The van der Waals surface area contributed by atoms with Gasteiger partial charge in [-0.25, -0.2) is 0 Å². The Morgan fingerprint density at radius 2 is 2.15 bits per heavy atom. The highest BCUT2D eigenvalue weighted by Gasteiger charge is 2.30. The number of benzene rings is 1. The Morgan fingerprint density at radius 3 is 2.80 bits per heavy atom. The summed E-state index contributed by atoms with van der Waals surface area (Å²) in [5.41, 5.74) is 0.805. The topological polar surface area (TPSA) is 93.9 Å². The number of aliphatic carboxylic acids is 1. The van der Waals surface area contributed by atoms with Crippen molar-refractivity contribution in [3.63, 3.8) is 0 Å². The summed E-state index contributed by atoms with van der Waals surface area (Å²) in [6, 6.07) is 6.98. The van der Waals surface area contributed by atoms with Gasteiger partial charge in [-0.2, -0.15) is 5.10 Å². The zero-order valence-electron chi connectivity index (χ0n) is 10.1. The highest BCUT2D eigenvalue weighted by Crippen LogP contribution is 2.21. The van der Waals surface area contributed by atoms with Gasteiger partial charge >= 0.3 is 0 Å². The van der Waals surface area contributed by atoms with Crippen LogP contribution >= 0.6 is 23.4 Å². The van der Waals surface area contributed by atoms with Crippen LogP contribution in [0.1, 0.15) is 12.0 Å². The van der Waals surface area contributed by atoms with Crippen LogP contribution in [0.3, 0.4) is 0 Å². The lowest BCUT2D eigenvalue weighted by molar-refractivity contribution is -0.305. The molecule has 0 unspecified atom stereocenters. The summed E-state index contributed by atoms with van der Waals surface area (Å²) in [7, 11) is 0. The van der Waals surface area contributed by atoms with E-state index in [1.165, 1.54) is 6.21 Å². The average Bonchev–Trinajstić information content (AvgIpc) is 2.72.